The van der Waals surface area contributed by atoms with E-state index in [1.54, 1.807) is 0 Å². The predicted octanol–water partition coefficient (Wildman–Crippen LogP) is 1.96. The molecule has 13 heavy (non-hydrogen) atoms. The van der Waals surface area contributed by atoms with Gasteiger partial charge < -0.3 is 10.2 Å². The number of nitrogens with one attached hydrogen (secondary N) is 1. The summed E-state index contributed by atoms with van der Waals surface area (Å²) >= 11 is 0. The van der Waals surface area contributed by atoms with E-state index in [0.29, 0.717) is 6.04 Å². The van der Waals surface area contributed by atoms with E-state index >= 15 is 0 Å². The van der Waals surface area contributed by atoms with E-state index in [2.05, 4.69) is 45.1 Å². The summed E-state index contributed by atoms with van der Waals surface area (Å²) in [4.78, 5) is 2.22. The highest BCUT2D eigenvalue weighted by atomic mass is 15.1. The van der Waals surface area contributed by atoms with Crippen LogP contribution in [-0.4, -0.2) is 38.1 Å². The van der Waals surface area contributed by atoms with Gasteiger partial charge in [0.25, 0.3) is 0 Å². The van der Waals surface area contributed by atoms with Gasteiger partial charge in [0, 0.05) is 12.6 Å². The Kier molecular flexibility index (Phi) is 7.29. The Hall–Kier alpha value is -0.0800. The first-order valence-electron chi connectivity index (χ1n) is 5.44. The third-order valence-corrected chi connectivity index (χ3v) is 2.47. The lowest BCUT2D eigenvalue weighted by Crippen LogP contribution is -2.36. The summed E-state index contributed by atoms with van der Waals surface area (Å²) in [5.41, 5.74) is 0. The Morgan fingerprint density at radius 1 is 1.23 bits per heavy atom. The fourth-order valence-electron chi connectivity index (χ4n) is 1.39. The average molecular weight is 186 g/mol. The van der Waals surface area contributed by atoms with Crippen molar-refractivity contribution < 1.29 is 0 Å². The summed E-state index contributed by atoms with van der Waals surface area (Å²) in [6.45, 7) is 9.10. The third kappa shape index (κ3) is 8.26. The first kappa shape index (κ1) is 12.9. The fourth-order valence-corrected chi connectivity index (χ4v) is 1.39. The van der Waals surface area contributed by atoms with E-state index in [1.807, 2.05) is 0 Å². The number of likely N-dealkylation sites (N-methyl/N-ethyl adjacent to an activating group) is 1. The van der Waals surface area contributed by atoms with Crippen LogP contribution in [0.3, 0.4) is 0 Å². The Morgan fingerprint density at radius 3 is 2.31 bits per heavy atom. The molecular formula is C11H26N2. The molecule has 80 valence electrons. The molecule has 0 saturated heterocycles. The van der Waals surface area contributed by atoms with Gasteiger partial charge >= 0.3 is 0 Å². The SMILES string of the molecule is CCC(C)CCNC(C)CN(C)C. The molecule has 2 nitrogen and oxygen atoms in total. The normalized spacial score (nSPS) is 16.2. The van der Waals surface area contributed by atoms with Gasteiger partial charge in [-0.2, -0.15) is 0 Å². The third-order valence-electron chi connectivity index (χ3n) is 2.47. The number of rotatable bonds is 7. The standard InChI is InChI=1S/C11H26N2/c1-6-10(2)7-8-12-11(3)9-13(4)5/h10-12H,6-9H2,1-5H3. The van der Waals surface area contributed by atoms with Crippen molar-refractivity contribution in [2.24, 2.45) is 5.92 Å². The molecule has 0 aliphatic rings. The molecule has 0 bridgehead atoms. The Bertz CT molecular complexity index is 113. The van der Waals surface area contributed by atoms with Crippen LogP contribution in [0.2, 0.25) is 0 Å². The van der Waals surface area contributed by atoms with Crippen molar-refractivity contribution >= 4 is 0 Å². The van der Waals surface area contributed by atoms with Gasteiger partial charge in [-0.25, -0.2) is 0 Å². The molecule has 1 N–H and O–H groups in total. The summed E-state index contributed by atoms with van der Waals surface area (Å²) in [5.74, 6) is 0.860. The first-order chi connectivity index (χ1) is 6.06. The zero-order valence-electron chi connectivity index (χ0n) is 9.93. The van der Waals surface area contributed by atoms with Gasteiger partial charge in [0.15, 0.2) is 0 Å². The Morgan fingerprint density at radius 2 is 1.85 bits per heavy atom. The molecule has 2 heteroatoms. The minimum atomic E-state index is 0.610. The Labute approximate surface area is 83.7 Å². The van der Waals surface area contributed by atoms with Crippen LogP contribution in [-0.2, 0) is 0 Å². The van der Waals surface area contributed by atoms with Gasteiger partial charge in [-0.3, -0.25) is 0 Å². The maximum atomic E-state index is 3.54. The number of nitrogens with zero attached hydrogens (tertiary/aromatic N) is 1. The highest BCUT2D eigenvalue weighted by Gasteiger charge is 2.03. The molecule has 2 unspecified atom stereocenters. The van der Waals surface area contributed by atoms with Crippen LogP contribution in [0.25, 0.3) is 0 Å². The number of hydrogen-bond acceptors (Lipinski definition) is 2. The smallest absolute Gasteiger partial charge is 0.0166 e. The zero-order valence-corrected chi connectivity index (χ0v) is 9.93. The van der Waals surface area contributed by atoms with Crippen LogP contribution < -0.4 is 5.32 Å². The summed E-state index contributed by atoms with van der Waals surface area (Å²) in [6, 6.07) is 0.610. The Balaban J connectivity index is 3.31. The van der Waals surface area contributed by atoms with Crippen LogP contribution >= 0.6 is 0 Å². The molecular weight excluding hydrogens is 160 g/mol. The monoisotopic (exact) mass is 186 g/mol. The molecule has 0 heterocycles. The molecule has 0 aromatic heterocycles. The van der Waals surface area contributed by atoms with Crippen LogP contribution in [0, 0.1) is 5.92 Å². The second kappa shape index (κ2) is 7.34. The molecule has 0 aliphatic heterocycles. The largest absolute Gasteiger partial charge is 0.313 e. The fraction of sp³-hybridized carbons (Fsp3) is 1.00. The van der Waals surface area contributed by atoms with Crippen molar-refractivity contribution in [2.45, 2.75) is 39.7 Å². The molecule has 2 atom stereocenters. The van der Waals surface area contributed by atoms with Gasteiger partial charge in [0.2, 0.25) is 0 Å². The molecule has 0 rings (SSSR count). The maximum Gasteiger partial charge on any atom is 0.0166 e. The van der Waals surface area contributed by atoms with Gasteiger partial charge in [0.1, 0.15) is 0 Å². The quantitative estimate of drug-likeness (QED) is 0.654. The van der Waals surface area contributed by atoms with E-state index < -0.39 is 0 Å². The summed E-state index contributed by atoms with van der Waals surface area (Å²) < 4.78 is 0. The number of hydrogen-bond donors (Lipinski definition) is 1. The van der Waals surface area contributed by atoms with Gasteiger partial charge in [0.05, 0.1) is 0 Å². The summed E-state index contributed by atoms with van der Waals surface area (Å²) in [5, 5.41) is 3.54. The molecule has 0 spiro atoms. The van der Waals surface area contributed by atoms with Crippen molar-refractivity contribution in [2.75, 3.05) is 27.2 Å². The van der Waals surface area contributed by atoms with E-state index in [4.69, 9.17) is 0 Å². The molecule has 0 aliphatic carbocycles. The van der Waals surface area contributed by atoms with Crippen LogP contribution in [0.5, 0.6) is 0 Å². The molecule has 0 aromatic rings. The molecule has 0 radical (unpaired) electrons. The van der Waals surface area contributed by atoms with Crippen molar-refractivity contribution in [3.63, 3.8) is 0 Å². The average Bonchev–Trinajstić information content (AvgIpc) is 2.02. The van der Waals surface area contributed by atoms with Crippen LogP contribution in [0.4, 0.5) is 0 Å². The highest BCUT2D eigenvalue weighted by molar-refractivity contribution is 4.64. The van der Waals surface area contributed by atoms with E-state index in [0.717, 1.165) is 19.0 Å². The predicted molar refractivity (Wildman–Crippen MR) is 60.1 cm³/mol. The first-order valence-corrected chi connectivity index (χ1v) is 5.44. The topological polar surface area (TPSA) is 15.3 Å². The zero-order chi connectivity index (χ0) is 10.3. The second-order valence-corrected chi connectivity index (χ2v) is 4.42. The maximum absolute atomic E-state index is 3.54. The van der Waals surface area contributed by atoms with Crippen molar-refractivity contribution in [3.8, 4) is 0 Å². The van der Waals surface area contributed by atoms with E-state index in [-0.39, 0.29) is 0 Å². The highest BCUT2D eigenvalue weighted by Crippen LogP contribution is 2.04. The minimum Gasteiger partial charge on any atom is -0.313 e. The van der Waals surface area contributed by atoms with Crippen LogP contribution in [0.15, 0.2) is 0 Å². The molecule has 0 aromatic carbocycles. The molecule has 0 saturated carbocycles. The van der Waals surface area contributed by atoms with E-state index in [1.165, 1.54) is 12.8 Å². The van der Waals surface area contributed by atoms with Crippen LogP contribution in [0.1, 0.15) is 33.6 Å². The van der Waals surface area contributed by atoms with E-state index in [9.17, 15) is 0 Å². The van der Waals surface area contributed by atoms with Gasteiger partial charge in [-0.05, 0) is 39.9 Å². The summed E-state index contributed by atoms with van der Waals surface area (Å²) in [6.07, 6.45) is 2.60. The molecule has 0 fully saturated rings. The lowest BCUT2D eigenvalue weighted by molar-refractivity contribution is 0.342. The molecule has 0 amide bonds. The van der Waals surface area contributed by atoms with Gasteiger partial charge in [-0.15, -0.1) is 0 Å². The minimum absolute atomic E-state index is 0.610. The van der Waals surface area contributed by atoms with Crippen molar-refractivity contribution in [3.05, 3.63) is 0 Å². The lowest BCUT2D eigenvalue weighted by atomic mass is 10.1. The summed E-state index contributed by atoms with van der Waals surface area (Å²) in [7, 11) is 4.24. The van der Waals surface area contributed by atoms with Crippen molar-refractivity contribution in [1.82, 2.24) is 10.2 Å². The second-order valence-electron chi connectivity index (χ2n) is 4.42. The van der Waals surface area contributed by atoms with Gasteiger partial charge in [-0.1, -0.05) is 20.3 Å². The lowest BCUT2D eigenvalue weighted by Gasteiger charge is -2.19. The van der Waals surface area contributed by atoms with Crippen molar-refractivity contribution in [1.29, 1.82) is 0 Å².